The van der Waals surface area contributed by atoms with E-state index < -0.39 is 29.3 Å². The third-order valence-electron chi connectivity index (χ3n) is 10.2. The number of aromatic hydroxyl groups is 1. The van der Waals surface area contributed by atoms with Crippen molar-refractivity contribution in [1.29, 1.82) is 0 Å². The van der Waals surface area contributed by atoms with Crippen LogP contribution in [0.2, 0.25) is 0 Å². The molecule has 59 heavy (non-hydrogen) atoms. The highest BCUT2D eigenvalue weighted by atomic mass is 16.6. The fourth-order valence-electron chi connectivity index (χ4n) is 7.32. The first-order chi connectivity index (χ1) is 28.1. The quantitative estimate of drug-likeness (QED) is 0.0664. The second-order valence-corrected chi connectivity index (χ2v) is 17.1. The zero-order valence-electron chi connectivity index (χ0n) is 36.1. The van der Waals surface area contributed by atoms with Crippen LogP contribution in [0.25, 0.3) is 21.9 Å². The maximum Gasteiger partial charge on any atom is 0.416 e. The van der Waals surface area contributed by atoms with Crippen LogP contribution in [0.1, 0.15) is 90.1 Å². The number of phenols is 1. The number of fused-ring (bicyclic) bond motifs is 2. The van der Waals surface area contributed by atoms with E-state index in [1.54, 1.807) is 23.0 Å². The van der Waals surface area contributed by atoms with E-state index in [1.807, 2.05) is 96.1 Å². The number of pyridine rings is 1. The molecule has 4 aromatic rings. The SMILES string of the molecule is COCCN(CCCCc1ccc2c(n1)N(C(=O)OC(C)(C)C)CCC2)CCN(C(=O)OC(C)(C)C)[C@@H](CC(=O)OC)c1ccc(-c2ccc(O)c3ccccc23)cc1. The highest BCUT2D eigenvalue weighted by Gasteiger charge is 2.32. The van der Waals surface area contributed by atoms with Gasteiger partial charge in [0.25, 0.3) is 0 Å². The second kappa shape index (κ2) is 20.2. The van der Waals surface area contributed by atoms with E-state index in [2.05, 4.69) is 17.0 Å². The number of unbranched alkanes of at least 4 members (excludes halogenated alkanes) is 1. The maximum absolute atomic E-state index is 14.0. The normalized spacial score (nSPS) is 13.5. The van der Waals surface area contributed by atoms with Gasteiger partial charge in [0.2, 0.25) is 0 Å². The Morgan fingerprint density at radius 1 is 0.814 bits per heavy atom. The lowest BCUT2D eigenvalue weighted by Crippen LogP contribution is -2.44. The van der Waals surface area contributed by atoms with Gasteiger partial charge in [0, 0.05) is 44.4 Å². The summed E-state index contributed by atoms with van der Waals surface area (Å²) in [6, 6.07) is 22.6. The Morgan fingerprint density at radius 2 is 1.53 bits per heavy atom. The Hall–Kier alpha value is -5.20. The second-order valence-electron chi connectivity index (χ2n) is 17.1. The number of ether oxygens (including phenoxy) is 4. The summed E-state index contributed by atoms with van der Waals surface area (Å²) in [6.45, 7) is 14.4. The van der Waals surface area contributed by atoms with E-state index >= 15 is 0 Å². The van der Waals surface area contributed by atoms with E-state index in [-0.39, 0.29) is 24.8 Å². The van der Waals surface area contributed by atoms with E-state index in [9.17, 15) is 19.5 Å². The number of anilines is 1. The number of hydrogen-bond donors (Lipinski definition) is 1. The van der Waals surface area contributed by atoms with Gasteiger partial charge in [0.15, 0.2) is 0 Å². The van der Waals surface area contributed by atoms with Crippen LogP contribution in [-0.2, 0) is 36.6 Å². The fraction of sp³-hybridized carbons (Fsp3) is 0.489. The molecule has 0 fully saturated rings. The number of hydrogen-bond acceptors (Lipinski definition) is 10. The van der Waals surface area contributed by atoms with Gasteiger partial charge in [0.05, 0.1) is 26.2 Å². The molecule has 1 aliphatic rings. The van der Waals surface area contributed by atoms with Gasteiger partial charge in [-0.25, -0.2) is 14.6 Å². The van der Waals surface area contributed by atoms with Gasteiger partial charge in [-0.15, -0.1) is 0 Å². The van der Waals surface area contributed by atoms with Crippen molar-refractivity contribution in [2.75, 3.05) is 58.5 Å². The molecule has 318 valence electrons. The number of esters is 1. The number of nitrogens with zero attached hydrogens (tertiary/aromatic N) is 4. The third-order valence-corrected chi connectivity index (χ3v) is 10.2. The minimum Gasteiger partial charge on any atom is -0.507 e. The number of rotatable bonds is 16. The molecule has 1 aliphatic heterocycles. The van der Waals surface area contributed by atoms with Crippen molar-refractivity contribution in [1.82, 2.24) is 14.8 Å². The summed E-state index contributed by atoms with van der Waals surface area (Å²) in [5.74, 6) is 0.460. The van der Waals surface area contributed by atoms with Gasteiger partial charge in [-0.3, -0.25) is 19.5 Å². The number of carbonyl (C=O) groups is 3. The molecule has 1 aromatic heterocycles. The summed E-state index contributed by atoms with van der Waals surface area (Å²) >= 11 is 0. The van der Waals surface area contributed by atoms with Crippen LogP contribution in [0.4, 0.5) is 15.4 Å². The molecule has 12 heteroatoms. The molecule has 0 radical (unpaired) electrons. The molecule has 0 unspecified atom stereocenters. The van der Waals surface area contributed by atoms with Gasteiger partial charge < -0.3 is 24.1 Å². The molecule has 0 spiro atoms. The number of benzene rings is 3. The zero-order valence-corrected chi connectivity index (χ0v) is 36.1. The number of aromatic nitrogens is 1. The van der Waals surface area contributed by atoms with Gasteiger partial charge >= 0.3 is 18.2 Å². The van der Waals surface area contributed by atoms with Crippen molar-refractivity contribution in [3.05, 3.63) is 89.6 Å². The van der Waals surface area contributed by atoms with Crippen LogP contribution in [0.15, 0.2) is 72.8 Å². The molecule has 1 N–H and O–H groups in total. The summed E-state index contributed by atoms with van der Waals surface area (Å²) < 4.78 is 22.2. The lowest BCUT2D eigenvalue weighted by Gasteiger charge is -2.35. The van der Waals surface area contributed by atoms with Crippen molar-refractivity contribution < 1.29 is 38.4 Å². The topological polar surface area (TPSA) is 131 Å². The molecular weight excluding hydrogens is 749 g/mol. The molecule has 0 bridgehead atoms. The number of carbonyl (C=O) groups excluding carboxylic acids is 3. The van der Waals surface area contributed by atoms with Crippen LogP contribution < -0.4 is 4.90 Å². The molecule has 5 rings (SSSR count). The smallest absolute Gasteiger partial charge is 0.416 e. The number of phenolic OH excluding ortho intramolecular Hbond substituents is 1. The Bertz CT molecular complexity index is 2040. The number of amides is 2. The molecule has 3 aromatic carbocycles. The monoisotopic (exact) mass is 810 g/mol. The minimum atomic E-state index is -0.765. The standard InChI is InChI=1S/C47H62N4O8/c1-46(2,3)58-44(54)50(40(32-42(53)57-8)34-20-18-33(19-21-34)37-24-25-41(52)39-17-10-9-16-38(37)39)29-28-49(30-31-56-7)26-12-11-15-36-23-22-35-14-13-27-51(43(35)48-36)45(55)59-47(4,5)6/h9-10,16-25,40,52H,11-15,26-32H2,1-8H3/t40-/m0/s1. The Kier molecular flexibility index (Phi) is 15.4. The van der Waals surface area contributed by atoms with Crippen molar-refractivity contribution in [2.24, 2.45) is 0 Å². The molecule has 1 atom stereocenters. The molecule has 2 heterocycles. The molecule has 0 saturated heterocycles. The number of methoxy groups -OCH3 is 2. The fourth-order valence-corrected chi connectivity index (χ4v) is 7.32. The summed E-state index contributed by atoms with van der Waals surface area (Å²) in [7, 11) is 3.02. The van der Waals surface area contributed by atoms with Crippen molar-refractivity contribution in [2.45, 2.75) is 97.3 Å². The molecule has 0 saturated carbocycles. The van der Waals surface area contributed by atoms with Crippen LogP contribution in [-0.4, -0.2) is 103 Å². The Labute approximate surface area is 349 Å². The molecule has 12 nitrogen and oxygen atoms in total. The minimum absolute atomic E-state index is 0.0611. The maximum atomic E-state index is 14.0. The van der Waals surface area contributed by atoms with Crippen molar-refractivity contribution in [3.8, 4) is 16.9 Å². The largest absolute Gasteiger partial charge is 0.507 e. The average molecular weight is 811 g/mol. The van der Waals surface area contributed by atoms with E-state index in [0.29, 0.717) is 32.1 Å². The van der Waals surface area contributed by atoms with E-state index in [4.69, 9.17) is 23.9 Å². The lowest BCUT2D eigenvalue weighted by atomic mass is 9.95. The molecule has 2 amide bonds. The van der Waals surface area contributed by atoms with E-state index in [1.165, 1.54) is 7.11 Å². The Morgan fingerprint density at radius 3 is 2.20 bits per heavy atom. The van der Waals surface area contributed by atoms with Crippen molar-refractivity contribution >= 4 is 34.7 Å². The summed E-state index contributed by atoms with van der Waals surface area (Å²) in [6.07, 6.45) is 3.26. The third kappa shape index (κ3) is 12.6. The predicted octanol–water partition coefficient (Wildman–Crippen LogP) is 9.11. The summed E-state index contributed by atoms with van der Waals surface area (Å²) in [5.41, 5.74) is 3.27. The van der Waals surface area contributed by atoms with E-state index in [0.717, 1.165) is 77.4 Å². The Balaban J connectivity index is 1.31. The summed E-state index contributed by atoms with van der Waals surface area (Å²) in [5, 5.41) is 12.1. The molecule has 0 aliphatic carbocycles. The van der Waals surface area contributed by atoms with Gasteiger partial charge in [0.1, 0.15) is 22.8 Å². The van der Waals surface area contributed by atoms with Gasteiger partial charge in [-0.2, -0.15) is 0 Å². The van der Waals surface area contributed by atoms with Crippen LogP contribution >= 0.6 is 0 Å². The van der Waals surface area contributed by atoms with Crippen LogP contribution in [0.3, 0.4) is 0 Å². The van der Waals surface area contributed by atoms with Gasteiger partial charge in [-0.1, -0.05) is 60.7 Å². The lowest BCUT2D eigenvalue weighted by molar-refractivity contribution is -0.142. The highest BCUT2D eigenvalue weighted by molar-refractivity contribution is 6.00. The zero-order chi connectivity index (χ0) is 42.7. The average Bonchev–Trinajstić information content (AvgIpc) is 3.19. The first kappa shape index (κ1) is 44.9. The predicted molar refractivity (Wildman–Crippen MR) is 231 cm³/mol. The molecular formula is C47H62N4O8. The van der Waals surface area contributed by atoms with Crippen LogP contribution in [0, 0.1) is 0 Å². The number of aryl methyl sites for hydroxylation is 2. The van der Waals surface area contributed by atoms with Gasteiger partial charge in [-0.05, 0) is 120 Å². The summed E-state index contributed by atoms with van der Waals surface area (Å²) in [4.78, 5) is 50.5. The van der Waals surface area contributed by atoms with Crippen LogP contribution in [0.5, 0.6) is 5.75 Å². The first-order valence-electron chi connectivity index (χ1n) is 20.6. The first-order valence-corrected chi connectivity index (χ1v) is 20.6. The van der Waals surface area contributed by atoms with Crippen molar-refractivity contribution in [3.63, 3.8) is 0 Å². The highest BCUT2D eigenvalue weighted by Crippen LogP contribution is 2.36.